The van der Waals surface area contributed by atoms with Crippen molar-refractivity contribution in [2.24, 2.45) is 0 Å². The highest BCUT2D eigenvalue weighted by atomic mass is 31.0. The molecule has 0 N–H and O–H groups in total. The molecule has 1 nitrogen and oxygen atoms in total. The molecular weight excluding hydrogens is 287 g/mol. The van der Waals surface area contributed by atoms with Crippen molar-refractivity contribution in [2.45, 2.75) is 129 Å². The van der Waals surface area contributed by atoms with E-state index < -0.39 is 0 Å². The minimum Gasteiger partial charge on any atom is -0.360 e. The zero-order chi connectivity index (χ0) is 16.5. The Balaban J connectivity index is 3.06. The van der Waals surface area contributed by atoms with Gasteiger partial charge in [-0.15, -0.1) is 0 Å². The third-order valence-corrected chi connectivity index (χ3v) is 5.34. The van der Waals surface area contributed by atoms with Crippen molar-refractivity contribution in [3.05, 3.63) is 0 Å². The van der Waals surface area contributed by atoms with E-state index in [0.717, 1.165) is 0 Å². The fourth-order valence-corrected chi connectivity index (χ4v) is 3.10. The van der Waals surface area contributed by atoms with Gasteiger partial charge in [0.2, 0.25) is 0 Å². The lowest BCUT2D eigenvalue weighted by Crippen LogP contribution is -2.19. The van der Waals surface area contributed by atoms with Crippen molar-refractivity contribution in [3.8, 4) is 0 Å². The summed E-state index contributed by atoms with van der Waals surface area (Å²) in [5.41, 5.74) is 0.0429. The Hall–Kier alpha value is 0.390. The monoisotopic (exact) mass is 330 g/mol. The fourth-order valence-electron chi connectivity index (χ4n) is 2.98. The van der Waals surface area contributed by atoms with Gasteiger partial charge >= 0.3 is 0 Å². The third-order valence-electron chi connectivity index (χ3n) is 4.70. The highest BCUT2D eigenvalue weighted by Gasteiger charge is 2.14. The van der Waals surface area contributed by atoms with Crippen LogP contribution in [0.2, 0.25) is 0 Å². The summed E-state index contributed by atoms with van der Waals surface area (Å²) < 4.78 is 5.37. The van der Waals surface area contributed by atoms with Gasteiger partial charge in [-0.05, 0) is 20.3 Å². The number of unbranched alkanes of at least 4 members (excludes halogenated alkanes) is 14. The quantitative estimate of drug-likeness (QED) is 0.195. The molecule has 0 aliphatic carbocycles. The normalized spacial score (nSPS) is 12.0. The molecule has 0 rings (SSSR count). The van der Waals surface area contributed by atoms with Gasteiger partial charge in [0.1, 0.15) is 0 Å². The molecule has 0 aliphatic rings. The second kappa shape index (κ2) is 16.3. The van der Waals surface area contributed by atoms with Crippen LogP contribution >= 0.6 is 9.47 Å². The second-order valence-electron chi connectivity index (χ2n) is 7.58. The molecule has 2 heteroatoms. The van der Waals surface area contributed by atoms with E-state index >= 15 is 0 Å². The molecule has 0 saturated heterocycles. The Morgan fingerprint density at radius 2 is 0.909 bits per heavy atom. The van der Waals surface area contributed by atoms with Crippen LogP contribution < -0.4 is 0 Å². The molecule has 0 aromatic rings. The third kappa shape index (κ3) is 16.8. The van der Waals surface area contributed by atoms with Gasteiger partial charge in [0.05, 0.1) is 5.60 Å². The molecule has 0 heterocycles. The van der Waals surface area contributed by atoms with Gasteiger partial charge in [0, 0.05) is 9.47 Å². The van der Waals surface area contributed by atoms with E-state index in [1.165, 1.54) is 103 Å². The fraction of sp³-hybridized carbons (Fsp3) is 1.00. The van der Waals surface area contributed by atoms with Crippen LogP contribution in [0.25, 0.3) is 0 Å². The lowest BCUT2D eigenvalue weighted by Gasteiger charge is -2.22. The summed E-state index contributed by atoms with van der Waals surface area (Å²) in [5.74, 6) is 0. The predicted molar refractivity (Wildman–Crippen MR) is 104 cm³/mol. The molecule has 0 radical (unpaired) electrons. The zero-order valence-corrected chi connectivity index (χ0v) is 17.0. The van der Waals surface area contributed by atoms with Gasteiger partial charge in [-0.3, -0.25) is 0 Å². The van der Waals surface area contributed by atoms with Gasteiger partial charge in [0.25, 0.3) is 0 Å². The summed E-state index contributed by atoms with van der Waals surface area (Å²) in [7, 11) is 2.40. The Bertz CT molecular complexity index is 216. The Kier molecular flexibility index (Phi) is 16.5. The molecule has 134 valence electrons. The van der Waals surface area contributed by atoms with Crippen molar-refractivity contribution < 1.29 is 4.52 Å². The molecule has 0 bridgehead atoms. The van der Waals surface area contributed by atoms with Crippen LogP contribution in [-0.4, -0.2) is 5.60 Å². The topological polar surface area (TPSA) is 9.23 Å². The molecule has 1 unspecified atom stereocenters. The Morgan fingerprint density at radius 1 is 0.591 bits per heavy atom. The maximum absolute atomic E-state index is 5.37. The van der Waals surface area contributed by atoms with Crippen LogP contribution in [0.3, 0.4) is 0 Å². The minimum absolute atomic E-state index is 0.0429. The van der Waals surface area contributed by atoms with E-state index in [9.17, 15) is 0 Å². The molecule has 0 aromatic carbocycles. The molecule has 0 spiro atoms. The van der Waals surface area contributed by atoms with E-state index in [0.29, 0.717) is 0 Å². The lowest BCUT2D eigenvalue weighted by molar-refractivity contribution is 0.123. The largest absolute Gasteiger partial charge is 0.360 e. The summed E-state index contributed by atoms with van der Waals surface area (Å²) in [6.45, 7) is 6.63. The standard InChI is InChI=1S/C20H43OP/c1-4-5-6-7-8-9-10-11-12-13-14-15-16-17-18-19-20(2,3)21-22/h4-19,22H2,1-3H3. The van der Waals surface area contributed by atoms with Gasteiger partial charge in [-0.25, -0.2) is 0 Å². The average Bonchev–Trinajstić information content (AvgIpc) is 2.51. The van der Waals surface area contributed by atoms with E-state index in [2.05, 4.69) is 30.2 Å². The van der Waals surface area contributed by atoms with Crippen molar-refractivity contribution in [2.75, 3.05) is 0 Å². The van der Waals surface area contributed by atoms with Gasteiger partial charge in [-0.2, -0.15) is 0 Å². The van der Waals surface area contributed by atoms with E-state index in [1.807, 2.05) is 0 Å². The van der Waals surface area contributed by atoms with Crippen LogP contribution in [0.5, 0.6) is 0 Å². The van der Waals surface area contributed by atoms with E-state index in [4.69, 9.17) is 4.52 Å². The van der Waals surface area contributed by atoms with E-state index in [1.54, 1.807) is 0 Å². The van der Waals surface area contributed by atoms with Crippen molar-refractivity contribution >= 4 is 9.47 Å². The SMILES string of the molecule is CCCCCCCCCCCCCCCCCC(C)(C)OP. The maximum atomic E-state index is 5.37. The molecular formula is C20H43OP. The second-order valence-corrected chi connectivity index (χ2v) is 7.81. The molecule has 0 aromatic heterocycles. The molecule has 0 fully saturated rings. The van der Waals surface area contributed by atoms with Crippen LogP contribution in [0.1, 0.15) is 124 Å². The number of hydrogen-bond acceptors (Lipinski definition) is 1. The molecule has 22 heavy (non-hydrogen) atoms. The van der Waals surface area contributed by atoms with Crippen LogP contribution in [0.4, 0.5) is 0 Å². The van der Waals surface area contributed by atoms with Crippen molar-refractivity contribution in [1.29, 1.82) is 0 Å². The summed E-state index contributed by atoms with van der Waals surface area (Å²) in [5, 5.41) is 0. The average molecular weight is 331 g/mol. The molecule has 0 aliphatic heterocycles. The van der Waals surface area contributed by atoms with Gasteiger partial charge in [-0.1, -0.05) is 103 Å². The first-order valence-corrected chi connectivity index (χ1v) is 10.5. The smallest absolute Gasteiger partial charge is 0.0662 e. The molecule has 1 atom stereocenters. The Labute approximate surface area is 143 Å². The van der Waals surface area contributed by atoms with Crippen LogP contribution in [-0.2, 0) is 4.52 Å². The van der Waals surface area contributed by atoms with Gasteiger partial charge < -0.3 is 4.52 Å². The first-order chi connectivity index (χ1) is 10.6. The number of hydrogen-bond donors (Lipinski definition) is 0. The summed E-state index contributed by atoms with van der Waals surface area (Å²) in [4.78, 5) is 0. The highest BCUT2D eigenvalue weighted by molar-refractivity contribution is 7.09. The van der Waals surface area contributed by atoms with Crippen molar-refractivity contribution in [3.63, 3.8) is 0 Å². The molecule has 0 saturated carbocycles. The number of rotatable bonds is 17. The molecule has 0 amide bonds. The Morgan fingerprint density at radius 3 is 1.23 bits per heavy atom. The predicted octanol–water partition coefficient (Wildman–Crippen LogP) is 7.83. The maximum Gasteiger partial charge on any atom is 0.0662 e. The van der Waals surface area contributed by atoms with Crippen LogP contribution in [0.15, 0.2) is 0 Å². The highest BCUT2D eigenvalue weighted by Crippen LogP contribution is 2.21. The van der Waals surface area contributed by atoms with E-state index in [-0.39, 0.29) is 5.60 Å². The summed E-state index contributed by atoms with van der Waals surface area (Å²) in [6.07, 6.45) is 22.6. The summed E-state index contributed by atoms with van der Waals surface area (Å²) >= 11 is 0. The zero-order valence-electron chi connectivity index (χ0n) is 15.8. The van der Waals surface area contributed by atoms with Crippen LogP contribution in [0, 0.1) is 0 Å². The van der Waals surface area contributed by atoms with Gasteiger partial charge in [0.15, 0.2) is 0 Å². The minimum atomic E-state index is 0.0429. The first kappa shape index (κ1) is 22.4. The summed E-state index contributed by atoms with van der Waals surface area (Å²) in [6, 6.07) is 0. The lowest BCUT2D eigenvalue weighted by atomic mass is 9.99. The van der Waals surface area contributed by atoms with Crippen molar-refractivity contribution in [1.82, 2.24) is 0 Å². The first-order valence-electron chi connectivity index (χ1n) is 10.0.